The maximum Gasteiger partial charge on any atom is 0.256 e. The molecule has 0 aliphatic carbocycles. The summed E-state index contributed by atoms with van der Waals surface area (Å²) in [6.07, 6.45) is 1.11. The van der Waals surface area contributed by atoms with E-state index in [0.29, 0.717) is 29.6 Å². The first kappa shape index (κ1) is 15.2. The number of hydrogen-bond acceptors (Lipinski definition) is 5. The fourth-order valence-corrected chi connectivity index (χ4v) is 3.80. The summed E-state index contributed by atoms with van der Waals surface area (Å²) in [5.74, 6) is 0.472. The van der Waals surface area contributed by atoms with E-state index >= 15 is 0 Å². The van der Waals surface area contributed by atoms with Crippen LogP contribution >= 0.6 is 11.3 Å². The molecule has 3 heterocycles. The number of aryl methyl sites for hydroxylation is 2. The summed E-state index contributed by atoms with van der Waals surface area (Å²) < 4.78 is 5.05. The van der Waals surface area contributed by atoms with Gasteiger partial charge in [0.15, 0.2) is 0 Å². The molecule has 3 rings (SSSR count). The Hall–Kier alpha value is -1.66. The highest BCUT2D eigenvalue weighted by Gasteiger charge is 2.23. The van der Waals surface area contributed by atoms with Crippen LogP contribution < -0.4 is 5.32 Å². The topological polar surface area (TPSA) is 58.4 Å². The maximum atomic E-state index is 12.3. The average Bonchev–Trinajstić information content (AvgIpc) is 3.10. The summed E-state index contributed by atoms with van der Waals surface area (Å²) in [6.45, 7) is 8.36. The number of rotatable bonds is 4. The van der Waals surface area contributed by atoms with Crippen molar-refractivity contribution in [1.82, 2.24) is 15.4 Å². The highest BCUT2D eigenvalue weighted by atomic mass is 32.1. The zero-order chi connectivity index (χ0) is 15.7. The monoisotopic (exact) mass is 319 g/mol. The molecule has 0 saturated carbocycles. The molecular weight excluding hydrogens is 298 g/mol. The predicted molar refractivity (Wildman–Crippen MR) is 86.2 cm³/mol. The number of carbonyl (C=O) groups excluding carboxylic acids is 1. The summed E-state index contributed by atoms with van der Waals surface area (Å²) in [5, 5.41) is 9.00. The third-order valence-corrected chi connectivity index (χ3v) is 5.30. The Morgan fingerprint density at radius 1 is 1.55 bits per heavy atom. The fourth-order valence-electron chi connectivity index (χ4n) is 2.91. The molecule has 0 saturated heterocycles. The summed E-state index contributed by atoms with van der Waals surface area (Å²) in [6, 6.07) is 2.51. The van der Waals surface area contributed by atoms with Crippen LogP contribution in [-0.2, 0) is 13.0 Å². The lowest BCUT2D eigenvalue weighted by atomic mass is 10.1. The summed E-state index contributed by atoms with van der Waals surface area (Å²) in [4.78, 5) is 16.2. The first-order valence-corrected chi connectivity index (χ1v) is 8.44. The molecule has 0 aromatic carbocycles. The Morgan fingerprint density at radius 3 is 3.09 bits per heavy atom. The Labute approximate surface area is 134 Å². The minimum Gasteiger partial charge on any atom is -0.361 e. The van der Waals surface area contributed by atoms with Crippen LogP contribution in [0.5, 0.6) is 0 Å². The van der Waals surface area contributed by atoms with Crippen molar-refractivity contribution in [3.63, 3.8) is 0 Å². The molecule has 1 amide bonds. The van der Waals surface area contributed by atoms with E-state index in [4.69, 9.17) is 4.52 Å². The third kappa shape index (κ3) is 2.94. The van der Waals surface area contributed by atoms with E-state index in [1.807, 2.05) is 11.3 Å². The van der Waals surface area contributed by atoms with Gasteiger partial charge >= 0.3 is 0 Å². The Kier molecular flexibility index (Phi) is 4.31. The molecule has 1 unspecified atom stereocenters. The van der Waals surface area contributed by atoms with Gasteiger partial charge < -0.3 is 9.84 Å². The number of amides is 1. The van der Waals surface area contributed by atoms with Gasteiger partial charge in [0.25, 0.3) is 5.91 Å². The Balaban J connectivity index is 1.57. The SMILES string of the molecule is Cc1noc(C)c1C(=O)NCC(C)N1CCc2sccc2C1. The number of nitrogens with one attached hydrogen (secondary N) is 1. The van der Waals surface area contributed by atoms with E-state index in [-0.39, 0.29) is 5.91 Å². The van der Waals surface area contributed by atoms with Gasteiger partial charge in [0, 0.05) is 30.6 Å². The normalized spacial score (nSPS) is 16.3. The van der Waals surface area contributed by atoms with Gasteiger partial charge in [-0.1, -0.05) is 5.16 Å². The molecule has 1 N–H and O–H groups in total. The molecule has 0 radical (unpaired) electrons. The number of carbonyl (C=O) groups is 1. The van der Waals surface area contributed by atoms with Crippen molar-refractivity contribution in [3.05, 3.63) is 38.9 Å². The van der Waals surface area contributed by atoms with Crippen LogP contribution in [0.2, 0.25) is 0 Å². The van der Waals surface area contributed by atoms with Gasteiger partial charge in [0.2, 0.25) is 0 Å². The maximum absolute atomic E-state index is 12.3. The predicted octanol–water partition coefficient (Wildman–Crippen LogP) is 2.53. The van der Waals surface area contributed by atoms with Gasteiger partial charge in [-0.15, -0.1) is 11.3 Å². The quantitative estimate of drug-likeness (QED) is 0.941. The van der Waals surface area contributed by atoms with Crippen molar-refractivity contribution < 1.29 is 9.32 Å². The van der Waals surface area contributed by atoms with E-state index in [1.165, 1.54) is 10.4 Å². The highest BCUT2D eigenvalue weighted by Crippen LogP contribution is 2.25. The Morgan fingerprint density at radius 2 is 2.36 bits per heavy atom. The molecule has 6 heteroatoms. The minimum atomic E-state index is -0.101. The molecule has 0 fully saturated rings. The van der Waals surface area contributed by atoms with Crippen molar-refractivity contribution in [1.29, 1.82) is 0 Å². The fraction of sp³-hybridized carbons (Fsp3) is 0.500. The van der Waals surface area contributed by atoms with Crippen LogP contribution in [0, 0.1) is 13.8 Å². The second-order valence-electron chi connectivity index (χ2n) is 5.85. The molecule has 1 aliphatic rings. The molecule has 1 atom stereocenters. The van der Waals surface area contributed by atoms with Crippen LogP contribution in [0.4, 0.5) is 0 Å². The van der Waals surface area contributed by atoms with Gasteiger partial charge in [0.1, 0.15) is 11.3 Å². The highest BCUT2D eigenvalue weighted by molar-refractivity contribution is 7.10. The van der Waals surface area contributed by atoms with Crippen molar-refractivity contribution in [2.75, 3.05) is 13.1 Å². The van der Waals surface area contributed by atoms with Gasteiger partial charge in [-0.25, -0.2) is 0 Å². The average molecular weight is 319 g/mol. The number of thiophene rings is 1. The van der Waals surface area contributed by atoms with E-state index in [9.17, 15) is 4.79 Å². The molecule has 5 nitrogen and oxygen atoms in total. The van der Waals surface area contributed by atoms with E-state index in [2.05, 4.69) is 33.7 Å². The Bertz CT molecular complexity index is 657. The van der Waals surface area contributed by atoms with E-state index < -0.39 is 0 Å². The minimum absolute atomic E-state index is 0.101. The number of aromatic nitrogens is 1. The van der Waals surface area contributed by atoms with Gasteiger partial charge in [-0.05, 0) is 44.2 Å². The van der Waals surface area contributed by atoms with Crippen molar-refractivity contribution >= 4 is 17.2 Å². The van der Waals surface area contributed by atoms with E-state index in [0.717, 1.165) is 19.5 Å². The zero-order valence-corrected chi connectivity index (χ0v) is 14.0. The molecule has 0 bridgehead atoms. The lowest BCUT2D eigenvalue weighted by molar-refractivity contribution is 0.0930. The summed E-state index contributed by atoms with van der Waals surface area (Å²) >= 11 is 1.85. The van der Waals surface area contributed by atoms with Crippen LogP contribution in [0.1, 0.15) is 39.2 Å². The van der Waals surface area contributed by atoms with Crippen molar-refractivity contribution in [3.8, 4) is 0 Å². The lowest BCUT2D eigenvalue weighted by Crippen LogP contribution is -2.44. The number of nitrogens with zero attached hydrogens (tertiary/aromatic N) is 2. The van der Waals surface area contributed by atoms with Crippen molar-refractivity contribution in [2.24, 2.45) is 0 Å². The van der Waals surface area contributed by atoms with Crippen LogP contribution in [0.25, 0.3) is 0 Å². The lowest BCUT2D eigenvalue weighted by Gasteiger charge is -2.32. The van der Waals surface area contributed by atoms with E-state index in [1.54, 1.807) is 13.8 Å². The zero-order valence-electron chi connectivity index (χ0n) is 13.2. The van der Waals surface area contributed by atoms with Gasteiger partial charge in [-0.3, -0.25) is 9.69 Å². The second-order valence-corrected chi connectivity index (χ2v) is 6.85. The number of hydrogen-bond donors (Lipinski definition) is 1. The molecular formula is C16H21N3O2S. The standard InChI is InChI=1S/C16H21N3O2S/c1-10(19-6-4-14-13(9-19)5-7-22-14)8-17-16(20)15-11(2)18-21-12(15)3/h5,7,10H,4,6,8-9H2,1-3H3,(H,17,20). The molecule has 2 aromatic heterocycles. The first-order chi connectivity index (χ1) is 10.6. The molecule has 118 valence electrons. The van der Waals surface area contributed by atoms with Crippen LogP contribution in [0.15, 0.2) is 16.0 Å². The summed E-state index contributed by atoms with van der Waals surface area (Å²) in [7, 11) is 0. The smallest absolute Gasteiger partial charge is 0.256 e. The summed E-state index contributed by atoms with van der Waals surface area (Å²) in [5.41, 5.74) is 2.63. The largest absolute Gasteiger partial charge is 0.361 e. The van der Waals surface area contributed by atoms with Gasteiger partial charge in [0.05, 0.1) is 5.69 Å². The second kappa shape index (κ2) is 6.22. The van der Waals surface area contributed by atoms with Crippen LogP contribution in [0.3, 0.4) is 0 Å². The first-order valence-electron chi connectivity index (χ1n) is 7.56. The molecule has 2 aromatic rings. The third-order valence-electron chi connectivity index (χ3n) is 4.28. The molecule has 1 aliphatic heterocycles. The van der Waals surface area contributed by atoms with Crippen molar-refractivity contribution in [2.45, 2.75) is 39.8 Å². The molecule has 0 spiro atoms. The van der Waals surface area contributed by atoms with Gasteiger partial charge in [-0.2, -0.15) is 0 Å². The van der Waals surface area contributed by atoms with Crippen LogP contribution in [-0.4, -0.2) is 35.1 Å². The molecule has 22 heavy (non-hydrogen) atoms. The number of fused-ring (bicyclic) bond motifs is 1.